The second-order valence-corrected chi connectivity index (χ2v) is 2.32. The van der Waals surface area contributed by atoms with E-state index in [-0.39, 0.29) is 29.6 Å². The molecule has 60 valence electrons. The number of pyridine rings is 1. The van der Waals surface area contributed by atoms with E-state index in [1.807, 2.05) is 0 Å². The van der Waals surface area contributed by atoms with Crippen LogP contribution in [0.5, 0.6) is 0 Å². The van der Waals surface area contributed by atoms with E-state index in [1.54, 1.807) is 12.1 Å². The van der Waals surface area contributed by atoms with Crippen LogP contribution >= 0.6 is 12.8 Å². The Morgan fingerprint density at radius 3 is 2.67 bits per heavy atom. The van der Waals surface area contributed by atoms with Gasteiger partial charge in [0.25, 0.3) is 0 Å². The molecule has 0 atom stereocenters. The Bertz CT molecular complexity index is 253. The molecule has 0 bridgehead atoms. The quantitative estimate of drug-likeness (QED) is 0.389. The van der Waals surface area contributed by atoms with Crippen LogP contribution in [0.1, 0.15) is 0 Å². The average molecular weight is 193 g/mol. The summed E-state index contributed by atoms with van der Waals surface area (Å²) >= 11 is 3.84. The molecule has 0 spiro atoms. The van der Waals surface area contributed by atoms with Crippen LogP contribution in [0.15, 0.2) is 18.3 Å². The molecule has 1 rings (SSSR count). The van der Waals surface area contributed by atoms with Crippen LogP contribution in [0, 0.1) is 0 Å². The van der Waals surface area contributed by atoms with E-state index in [0.717, 1.165) is 4.31 Å². The fraction of sp³-hybridized carbons (Fsp3) is 0. The number of carbonyl (C=O) groups is 1. The molecule has 1 amide bonds. The van der Waals surface area contributed by atoms with Gasteiger partial charge in [-0.1, -0.05) is 12.8 Å². The first kappa shape index (κ1) is 11.8. The van der Waals surface area contributed by atoms with Gasteiger partial charge in [-0.05, 0) is 12.1 Å². The summed E-state index contributed by atoms with van der Waals surface area (Å²) in [5, 5.41) is 0. The van der Waals surface area contributed by atoms with E-state index in [0.29, 0.717) is 17.9 Å². The Morgan fingerprint density at radius 1 is 1.58 bits per heavy atom. The molecule has 0 radical (unpaired) electrons. The van der Waals surface area contributed by atoms with Crippen LogP contribution in [0.3, 0.4) is 0 Å². The molecule has 0 aromatic carbocycles. The summed E-state index contributed by atoms with van der Waals surface area (Å²) in [6, 6.07) is 3.26. The second-order valence-electron chi connectivity index (χ2n) is 1.89. The fourth-order valence-corrected chi connectivity index (χ4v) is 0.712. The van der Waals surface area contributed by atoms with E-state index in [9.17, 15) is 4.79 Å². The number of amides is 1. The second kappa shape index (κ2) is 5.42. The van der Waals surface area contributed by atoms with Crippen molar-refractivity contribution in [2.75, 3.05) is 10.0 Å². The topological polar surface area (TPSA) is 59.2 Å². The van der Waals surface area contributed by atoms with E-state index in [2.05, 4.69) is 17.8 Å². The maximum atomic E-state index is 10.2. The Morgan fingerprint density at radius 2 is 2.25 bits per heavy atom. The number of nitrogen functional groups attached to an aromatic ring is 1. The van der Waals surface area contributed by atoms with Crippen molar-refractivity contribution >= 4 is 60.3 Å². The molecule has 12 heavy (non-hydrogen) atoms. The zero-order valence-electron chi connectivity index (χ0n) is 5.64. The Kier molecular flexibility index (Phi) is 5.32. The third-order valence-electron chi connectivity index (χ3n) is 1.14. The number of carbonyl (C=O) groups excluding carboxylic acids is 1. The van der Waals surface area contributed by atoms with Gasteiger partial charge in [-0.25, -0.2) is 4.98 Å². The minimum absolute atomic E-state index is 0. The van der Waals surface area contributed by atoms with Crippen LogP contribution in [0.4, 0.5) is 11.5 Å². The summed E-state index contributed by atoms with van der Waals surface area (Å²) < 4.78 is 1.12. The van der Waals surface area contributed by atoms with Crippen LogP contribution < -0.4 is 10.0 Å². The van der Waals surface area contributed by atoms with Crippen molar-refractivity contribution in [1.82, 2.24) is 4.98 Å². The number of aromatic nitrogens is 1. The zero-order chi connectivity index (χ0) is 8.27. The predicted octanol–water partition coefficient (Wildman–Crippen LogP) is -0.177. The predicted molar refractivity (Wildman–Crippen MR) is 53.3 cm³/mol. The van der Waals surface area contributed by atoms with Crippen molar-refractivity contribution in [3.63, 3.8) is 0 Å². The minimum atomic E-state index is 0. The molecule has 0 fully saturated rings. The first-order chi connectivity index (χ1) is 5.24. The van der Waals surface area contributed by atoms with E-state index in [1.165, 1.54) is 6.20 Å². The van der Waals surface area contributed by atoms with Crippen molar-refractivity contribution < 1.29 is 4.79 Å². The van der Waals surface area contributed by atoms with E-state index >= 15 is 0 Å². The van der Waals surface area contributed by atoms with Crippen molar-refractivity contribution in [2.24, 2.45) is 0 Å². The number of rotatable bonds is 2. The van der Waals surface area contributed by atoms with Gasteiger partial charge in [-0.2, -0.15) is 0 Å². The van der Waals surface area contributed by atoms with Gasteiger partial charge in [0.05, 0.1) is 11.9 Å². The SMILES string of the molecule is Nc1ccc(N(S)C=O)cn1.[NaH]. The molecule has 0 unspecified atom stereocenters. The van der Waals surface area contributed by atoms with Gasteiger partial charge in [0.2, 0.25) is 6.41 Å². The molecule has 6 heteroatoms. The van der Waals surface area contributed by atoms with Crippen LogP contribution in [0.2, 0.25) is 0 Å². The maximum absolute atomic E-state index is 10.2. The molecule has 1 aromatic rings. The molecule has 0 aliphatic heterocycles. The van der Waals surface area contributed by atoms with Gasteiger partial charge in [0, 0.05) is 0 Å². The Balaban J connectivity index is 0.00000121. The number of hydrogen-bond donors (Lipinski definition) is 2. The molecule has 2 N–H and O–H groups in total. The molecule has 4 nitrogen and oxygen atoms in total. The number of thiol groups is 1. The van der Waals surface area contributed by atoms with Gasteiger partial charge >= 0.3 is 29.6 Å². The first-order valence-corrected chi connectivity index (χ1v) is 3.29. The van der Waals surface area contributed by atoms with Gasteiger partial charge in [-0.15, -0.1) is 0 Å². The van der Waals surface area contributed by atoms with Gasteiger partial charge in [0.1, 0.15) is 5.82 Å². The van der Waals surface area contributed by atoms with Crippen LogP contribution in [-0.4, -0.2) is 41.0 Å². The number of anilines is 2. The standard InChI is InChI=1S/C6H7N3OS.Na.H/c7-6-2-1-5(3-8-6)9(11)4-10;;/h1-4,11H,(H2,7,8);;. The average Bonchev–Trinajstić information content (AvgIpc) is 2.05. The van der Waals surface area contributed by atoms with Crippen LogP contribution in [0.25, 0.3) is 0 Å². The van der Waals surface area contributed by atoms with Gasteiger partial charge in [-0.3, -0.25) is 9.10 Å². The third-order valence-corrected chi connectivity index (χ3v) is 1.46. The van der Waals surface area contributed by atoms with Gasteiger partial charge in [0.15, 0.2) is 0 Å². The zero-order valence-corrected chi connectivity index (χ0v) is 6.53. The molecular weight excluding hydrogens is 185 g/mol. The molecule has 0 aliphatic carbocycles. The van der Waals surface area contributed by atoms with Crippen molar-refractivity contribution in [3.05, 3.63) is 18.3 Å². The monoisotopic (exact) mass is 193 g/mol. The van der Waals surface area contributed by atoms with Crippen molar-refractivity contribution in [1.29, 1.82) is 0 Å². The Hall–Kier alpha value is -0.230. The fourth-order valence-electron chi connectivity index (χ4n) is 0.594. The third kappa shape index (κ3) is 3.02. The molecule has 1 aromatic heterocycles. The number of nitrogens with zero attached hydrogens (tertiary/aromatic N) is 2. The molecular formula is C6H8N3NaOS. The molecule has 0 saturated heterocycles. The normalized spacial score (nSPS) is 8.42. The van der Waals surface area contributed by atoms with E-state index in [4.69, 9.17) is 5.73 Å². The summed E-state index contributed by atoms with van der Waals surface area (Å²) in [4.78, 5) is 14.0. The molecule has 1 heterocycles. The molecule has 0 saturated carbocycles. The summed E-state index contributed by atoms with van der Waals surface area (Å²) in [7, 11) is 0. The summed E-state index contributed by atoms with van der Waals surface area (Å²) in [6.07, 6.45) is 2.05. The Labute approximate surface area is 98.0 Å². The summed E-state index contributed by atoms with van der Waals surface area (Å²) in [6.45, 7) is 0. The number of nitrogens with two attached hydrogens (primary N) is 1. The van der Waals surface area contributed by atoms with Crippen LogP contribution in [-0.2, 0) is 4.79 Å². The van der Waals surface area contributed by atoms with Crippen molar-refractivity contribution in [2.45, 2.75) is 0 Å². The molecule has 0 aliphatic rings. The van der Waals surface area contributed by atoms with Crippen molar-refractivity contribution in [3.8, 4) is 0 Å². The van der Waals surface area contributed by atoms with Gasteiger partial charge < -0.3 is 5.73 Å². The number of hydrogen-bond acceptors (Lipinski definition) is 4. The summed E-state index contributed by atoms with van der Waals surface area (Å²) in [5.74, 6) is 0.418. The first-order valence-electron chi connectivity index (χ1n) is 2.89. The summed E-state index contributed by atoms with van der Waals surface area (Å²) in [5.41, 5.74) is 5.92. The van der Waals surface area contributed by atoms with E-state index < -0.39 is 0 Å².